The molecule has 0 atom stereocenters. The molecular weight excluding hydrogens is 332 g/mol. The highest BCUT2D eigenvalue weighted by Gasteiger charge is 2.12. The van der Waals surface area contributed by atoms with Crippen molar-refractivity contribution in [2.24, 2.45) is 0 Å². The monoisotopic (exact) mass is 350 g/mol. The summed E-state index contributed by atoms with van der Waals surface area (Å²) in [7, 11) is 1.62. The molecule has 0 radical (unpaired) electrons. The lowest BCUT2D eigenvalue weighted by molar-refractivity contribution is 0.415. The highest BCUT2D eigenvalue weighted by Crippen LogP contribution is 2.32. The predicted octanol–water partition coefficient (Wildman–Crippen LogP) is 4.12. The van der Waals surface area contributed by atoms with Crippen molar-refractivity contribution >= 4 is 33.3 Å². The molecule has 0 amide bonds. The molecule has 6 heteroatoms. The van der Waals surface area contributed by atoms with Crippen molar-refractivity contribution in [2.45, 2.75) is 20.3 Å². The van der Waals surface area contributed by atoms with Gasteiger partial charge >= 0.3 is 0 Å². The standard InChI is InChI=1S/C15H19BrN4O/c1-4-7-17-14-13(21-3)15(19-9-18-14)20-12-8-11(16)6-5-10(12)2/h5-6,8-9H,4,7H2,1-3H3,(H2,17,18,19,20). The molecule has 5 nitrogen and oxygen atoms in total. The van der Waals surface area contributed by atoms with Gasteiger partial charge in [-0.05, 0) is 31.0 Å². The number of ether oxygens (including phenoxy) is 1. The van der Waals surface area contributed by atoms with E-state index in [9.17, 15) is 0 Å². The number of hydrogen-bond donors (Lipinski definition) is 2. The Morgan fingerprint density at radius 2 is 2.00 bits per heavy atom. The van der Waals surface area contributed by atoms with E-state index in [1.165, 1.54) is 6.33 Å². The average Bonchev–Trinajstić information content (AvgIpc) is 2.49. The molecule has 112 valence electrons. The normalized spacial score (nSPS) is 10.3. The van der Waals surface area contributed by atoms with Gasteiger partial charge in [-0.15, -0.1) is 0 Å². The van der Waals surface area contributed by atoms with E-state index < -0.39 is 0 Å². The fraction of sp³-hybridized carbons (Fsp3) is 0.333. The molecule has 0 unspecified atom stereocenters. The quantitative estimate of drug-likeness (QED) is 0.820. The first kappa shape index (κ1) is 15.6. The number of rotatable bonds is 6. The first-order valence-electron chi connectivity index (χ1n) is 6.81. The minimum Gasteiger partial charge on any atom is -0.490 e. The summed E-state index contributed by atoms with van der Waals surface area (Å²) in [6.07, 6.45) is 2.54. The minimum absolute atomic E-state index is 0.616. The average molecular weight is 351 g/mol. The molecule has 1 aromatic carbocycles. The Balaban J connectivity index is 2.33. The Hall–Kier alpha value is -1.82. The number of methoxy groups -OCH3 is 1. The van der Waals surface area contributed by atoms with Gasteiger partial charge in [0.1, 0.15) is 6.33 Å². The fourth-order valence-corrected chi connectivity index (χ4v) is 2.24. The molecule has 0 saturated carbocycles. The third-order valence-electron chi connectivity index (χ3n) is 3.00. The molecule has 21 heavy (non-hydrogen) atoms. The summed E-state index contributed by atoms with van der Waals surface area (Å²) in [6, 6.07) is 6.05. The summed E-state index contributed by atoms with van der Waals surface area (Å²) in [6.45, 7) is 4.98. The molecule has 0 aliphatic carbocycles. The van der Waals surface area contributed by atoms with Gasteiger partial charge in [-0.1, -0.05) is 28.9 Å². The van der Waals surface area contributed by atoms with Crippen molar-refractivity contribution < 1.29 is 4.74 Å². The molecular formula is C15H19BrN4O. The van der Waals surface area contributed by atoms with Crippen LogP contribution in [0.15, 0.2) is 29.0 Å². The zero-order chi connectivity index (χ0) is 15.2. The Morgan fingerprint density at radius 3 is 2.71 bits per heavy atom. The minimum atomic E-state index is 0.616. The van der Waals surface area contributed by atoms with E-state index in [4.69, 9.17) is 4.74 Å². The molecule has 1 aromatic heterocycles. The van der Waals surface area contributed by atoms with Gasteiger partial charge in [-0.25, -0.2) is 9.97 Å². The third kappa shape index (κ3) is 3.85. The van der Waals surface area contributed by atoms with Crippen LogP contribution in [0.25, 0.3) is 0 Å². The van der Waals surface area contributed by atoms with Gasteiger partial charge in [-0.3, -0.25) is 0 Å². The maximum Gasteiger partial charge on any atom is 0.204 e. The van der Waals surface area contributed by atoms with Crippen LogP contribution in [0.2, 0.25) is 0 Å². The Labute approximate surface area is 133 Å². The number of anilines is 3. The number of benzene rings is 1. The second kappa shape index (κ2) is 7.26. The van der Waals surface area contributed by atoms with Gasteiger partial charge in [0.2, 0.25) is 5.75 Å². The first-order chi connectivity index (χ1) is 10.2. The molecule has 1 heterocycles. The zero-order valence-corrected chi connectivity index (χ0v) is 14.0. The number of nitrogens with one attached hydrogen (secondary N) is 2. The molecule has 0 aliphatic heterocycles. The van der Waals surface area contributed by atoms with E-state index in [0.29, 0.717) is 17.4 Å². The molecule has 0 spiro atoms. The summed E-state index contributed by atoms with van der Waals surface area (Å²) >= 11 is 3.48. The fourth-order valence-electron chi connectivity index (χ4n) is 1.88. The van der Waals surface area contributed by atoms with E-state index >= 15 is 0 Å². The Kier molecular flexibility index (Phi) is 5.38. The summed E-state index contributed by atoms with van der Waals surface area (Å²) < 4.78 is 6.46. The maximum absolute atomic E-state index is 5.45. The van der Waals surface area contributed by atoms with Crippen molar-refractivity contribution in [2.75, 3.05) is 24.3 Å². The van der Waals surface area contributed by atoms with Crippen LogP contribution in [0.1, 0.15) is 18.9 Å². The van der Waals surface area contributed by atoms with E-state index in [2.05, 4.69) is 43.5 Å². The van der Waals surface area contributed by atoms with Gasteiger partial charge in [0, 0.05) is 16.7 Å². The highest BCUT2D eigenvalue weighted by molar-refractivity contribution is 9.10. The lowest BCUT2D eigenvalue weighted by Gasteiger charge is -2.15. The van der Waals surface area contributed by atoms with Gasteiger partial charge in [0.05, 0.1) is 7.11 Å². The van der Waals surface area contributed by atoms with Crippen LogP contribution in [-0.4, -0.2) is 23.6 Å². The zero-order valence-electron chi connectivity index (χ0n) is 12.4. The molecule has 2 aromatic rings. The number of aryl methyl sites for hydroxylation is 1. The van der Waals surface area contributed by atoms with Gasteiger partial charge < -0.3 is 15.4 Å². The van der Waals surface area contributed by atoms with E-state index in [-0.39, 0.29) is 0 Å². The SMILES string of the molecule is CCCNc1ncnc(Nc2cc(Br)ccc2C)c1OC. The molecule has 0 bridgehead atoms. The van der Waals surface area contributed by atoms with Gasteiger partial charge in [-0.2, -0.15) is 0 Å². The highest BCUT2D eigenvalue weighted by atomic mass is 79.9. The number of hydrogen-bond acceptors (Lipinski definition) is 5. The van der Waals surface area contributed by atoms with E-state index in [1.807, 2.05) is 25.1 Å². The maximum atomic E-state index is 5.45. The molecule has 0 saturated heterocycles. The summed E-state index contributed by atoms with van der Waals surface area (Å²) in [5.74, 6) is 1.96. The van der Waals surface area contributed by atoms with Crippen molar-refractivity contribution in [3.63, 3.8) is 0 Å². The summed E-state index contributed by atoms with van der Waals surface area (Å²) in [5, 5.41) is 6.54. The molecule has 2 N–H and O–H groups in total. The lowest BCUT2D eigenvalue weighted by Crippen LogP contribution is -2.07. The smallest absolute Gasteiger partial charge is 0.204 e. The molecule has 0 aliphatic rings. The van der Waals surface area contributed by atoms with E-state index in [1.54, 1.807) is 7.11 Å². The van der Waals surface area contributed by atoms with Crippen molar-refractivity contribution in [1.82, 2.24) is 9.97 Å². The second-order valence-electron chi connectivity index (χ2n) is 4.62. The topological polar surface area (TPSA) is 59.1 Å². The third-order valence-corrected chi connectivity index (χ3v) is 3.50. The number of aromatic nitrogens is 2. The van der Waals surface area contributed by atoms with Crippen LogP contribution in [-0.2, 0) is 0 Å². The van der Waals surface area contributed by atoms with Gasteiger partial charge in [0.15, 0.2) is 11.6 Å². The molecule has 2 rings (SSSR count). The van der Waals surface area contributed by atoms with Crippen LogP contribution in [0.4, 0.5) is 17.3 Å². The lowest BCUT2D eigenvalue weighted by atomic mass is 10.2. The number of nitrogens with zero attached hydrogens (tertiary/aromatic N) is 2. The Morgan fingerprint density at radius 1 is 1.24 bits per heavy atom. The van der Waals surface area contributed by atoms with Crippen molar-refractivity contribution in [3.8, 4) is 5.75 Å². The Bertz CT molecular complexity index is 619. The van der Waals surface area contributed by atoms with Gasteiger partial charge in [0.25, 0.3) is 0 Å². The first-order valence-corrected chi connectivity index (χ1v) is 7.61. The van der Waals surface area contributed by atoms with Crippen LogP contribution >= 0.6 is 15.9 Å². The van der Waals surface area contributed by atoms with Crippen molar-refractivity contribution in [1.29, 1.82) is 0 Å². The second-order valence-corrected chi connectivity index (χ2v) is 5.53. The number of halogens is 1. The van der Waals surface area contributed by atoms with Crippen LogP contribution < -0.4 is 15.4 Å². The summed E-state index contributed by atoms with van der Waals surface area (Å²) in [5.41, 5.74) is 2.10. The predicted molar refractivity (Wildman–Crippen MR) is 89.5 cm³/mol. The summed E-state index contributed by atoms with van der Waals surface area (Å²) in [4.78, 5) is 8.51. The van der Waals surface area contributed by atoms with E-state index in [0.717, 1.165) is 28.7 Å². The van der Waals surface area contributed by atoms with Crippen LogP contribution in [0.5, 0.6) is 5.75 Å². The van der Waals surface area contributed by atoms with Crippen LogP contribution in [0.3, 0.4) is 0 Å². The van der Waals surface area contributed by atoms with Crippen LogP contribution in [0, 0.1) is 6.92 Å². The van der Waals surface area contributed by atoms with Crippen molar-refractivity contribution in [3.05, 3.63) is 34.6 Å². The molecule has 0 fully saturated rings. The largest absolute Gasteiger partial charge is 0.490 e.